The molecule has 3 aromatic heterocycles. The van der Waals surface area contributed by atoms with Crippen molar-refractivity contribution in [2.75, 3.05) is 21.2 Å². The molecule has 7 nitrogen and oxygen atoms in total. The summed E-state index contributed by atoms with van der Waals surface area (Å²) in [4.78, 5) is 7.00. The predicted octanol–water partition coefficient (Wildman–Crippen LogP) is 8.78. The number of rotatable bonds is 7. The first kappa shape index (κ1) is 29.8. The van der Waals surface area contributed by atoms with Crippen LogP contribution in [0.1, 0.15) is 43.1 Å². The maximum absolute atomic E-state index is 6.53. The average Bonchev–Trinajstić information content (AvgIpc) is 3.53. The molecular formula is C39H41N5O2. The number of ether oxygens (including phenoxy) is 2. The van der Waals surface area contributed by atoms with Crippen LogP contribution >= 0.6 is 0 Å². The lowest BCUT2D eigenvalue weighted by Crippen LogP contribution is -2.33. The van der Waals surface area contributed by atoms with Crippen LogP contribution in [0.5, 0.6) is 17.2 Å². The van der Waals surface area contributed by atoms with E-state index in [1.807, 2.05) is 30.3 Å². The maximum Gasteiger partial charge on any atom is 0.141 e. The summed E-state index contributed by atoms with van der Waals surface area (Å²) in [5.74, 6) is 3.94. The molecule has 3 heterocycles. The Labute approximate surface area is 270 Å². The number of methoxy groups -OCH3 is 1. The number of pyridine rings is 1. The van der Waals surface area contributed by atoms with Gasteiger partial charge in [0.2, 0.25) is 0 Å². The fourth-order valence-electron chi connectivity index (χ4n) is 7.39. The van der Waals surface area contributed by atoms with Gasteiger partial charge in [-0.25, -0.2) is 9.67 Å². The fraction of sp³-hybridized carbons (Fsp3) is 0.282. The Morgan fingerprint density at radius 2 is 1.61 bits per heavy atom. The van der Waals surface area contributed by atoms with E-state index in [1.165, 1.54) is 16.8 Å². The van der Waals surface area contributed by atoms with E-state index in [1.54, 1.807) is 13.3 Å². The van der Waals surface area contributed by atoms with Crippen molar-refractivity contribution in [1.29, 1.82) is 0 Å². The lowest BCUT2D eigenvalue weighted by Gasteiger charge is -2.36. The van der Waals surface area contributed by atoms with E-state index in [-0.39, 0.29) is 0 Å². The van der Waals surface area contributed by atoms with E-state index in [2.05, 4.69) is 116 Å². The number of benzene rings is 3. The Balaban J connectivity index is 1.24. The average molecular weight is 612 g/mol. The first-order valence-electron chi connectivity index (χ1n) is 16.0. The van der Waals surface area contributed by atoms with Gasteiger partial charge < -0.3 is 14.4 Å². The molecule has 0 spiro atoms. The molecule has 0 saturated heterocycles. The Hall–Kier alpha value is -4.88. The summed E-state index contributed by atoms with van der Waals surface area (Å²) >= 11 is 0. The minimum absolute atomic E-state index is 0.363. The quantitative estimate of drug-likeness (QED) is 0.169. The monoisotopic (exact) mass is 611 g/mol. The molecule has 1 unspecified atom stereocenters. The van der Waals surface area contributed by atoms with Crippen molar-refractivity contribution >= 4 is 21.8 Å². The Kier molecular flexibility index (Phi) is 7.65. The predicted molar refractivity (Wildman–Crippen MR) is 186 cm³/mol. The van der Waals surface area contributed by atoms with Crippen molar-refractivity contribution in [2.45, 2.75) is 46.1 Å². The van der Waals surface area contributed by atoms with Crippen molar-refractivity contribution in [3.63, 3.8) is 0 Å². The van der Waals surface area contributed by atoms with E-state index in [0.29, 0.717) is 17.9 Å². The van der Waals surface area contributed by atoms with Crippen molar-refractivity contribution in [2.24, 2.45) is 5.92 Å². The number of hydrogen-bond acceptors (Lipinski definition) is 5. The zero-order valence-electron chi connectivity index (χ0n) is 27.7. The Morgan fingerprint density at radius 1 is 0.826 bits per heavy atom. The number of allylic oxidation sites excluding steroid dienone is 1. The lowest BCUT2D eigenvalue weighted by molar-refractivity contribution is 0.266. The van der Waals surface area contributed by atoms with Crippen LogP contribution in [0.3, 0.4) is 0 Å². The van der Waals surface area contributed by atoms with Crippen LogP contribution in [0.25, 0.3) is 33.3 Å². The SMILES string of the molecule is COc1ccnc(-n2c3ccccc3c3ccc(Oc4cccc(-n5nc(C)c(C6C(C)=C[C@H](N(C)C)C[C@@H]6C)c5C)c4)cc32)c1. The normalized spacial score (nSPS) is 18.3. The molecule has 0 N–H and O–H groups in total. The lowest BCUT2D eigenvalue weighted by atomic mass is 9.73. The summed E-state index contributed by atoms with van der Waals surface area (Å²) in [7, 11) is 6.01. The van der Waals surface area contributed by atoms with E-state index in [9.17, 15) is 0 Å². The molecule has 0 saturated carbocycles. The molecule has 1 aliphatic carbocycles. The second kappa shape index (κ2) is 11.8. The molecule has 7 heteroatoms. The van der Waals surface area contributed by atoms with Gasteiger partial charge in [-0.3, -0.25) is 4.57 Å². The minimum atomic E-state index is 0.363. The molecule has 0 aliphatic heterocycles. The highest BCUT2D eigenvalue weighted by molar-refractivity contribution is 6.09. The fourth-order valence-corrected chi connectivity index (χ4v) is 7.39. The number of fused-ring (bicyclic) bond motifs is 3. The summed E-state index contributed by atoms with van der Waals surface area (Å²) < 4.78 is 16.3. The Morgan fingerprint density at radius 3 is 2.39 bits per heavy atom. The van der Waals surface area contributed by atoms with Crippen LogP contribution < -0.4 is 9.47 Å². The number of para-hydroxylation sites is 1. The van der Waals surface area contributed by atoms with Gasteiger partial charge in [-0.1, -0.05) is 42.8 Å². The van der Waals surface area contributed by atoms with Gasteiger partial charge in [0.25, 0.3) is 0 Å². The molecule has 6 aromatic rings. The largest absolute Gasteiger partial charge is 0.497 e. The van der Waals surface area contributed by atoms with Gasteiger partial charge in [-0.15, -0.1) is 0 Å². The number of aromatic nitrogens is 4. The molecule has 234 valence electrons. The third-order valence-corrected chi connectivity index (χ3v) is 9.57. The van der Waals surface area contributed by atoms with Gasteiger partial charge in [0.05, 0.1) is 29.5 Å². The first-order chi connectivity index (χ1) is 22.2. The standard InChI is InChI=1S/C39H41N5O2/c1-24-19-29(42(5)6)20-25(2)38(24)39-26(3)41-44(27(39)4)28-11-10-12-31(21-28)46-32-15-16-34-33-13-8-9-14-35(33)43(36(34)22-32)37-23-30(45-7)17-18-40-37/h8-19,21-23,25,29,38H,20H2,1-7H3/t25-,29-,38?/m0/s1. The zero-order chi connectivity index (χ0) is 32.1. The number of hydrogen-bond donors (Lipinski definition) is 0. The number of nitrogens with zero attached hydrogens (tertiary/aromatic N) is 5. The molecule has 46 heavy (non-hydrogen) atoms. The summed E-state index contributed by atoms with van der Waals surface area (Å²) in [6, 6.07) is 27.1. The van der Waals surface area contributed by atoms with Crippen LogP contribution in [0.4, 0.5) is 0 Å². The van der Waals surface area contributed by atoms with Crippen molar-refractivity contribution < 1.29 is 9.47 Å². The highest BCUT2D eigenvalue weighted by atomic mass is 16.5. The molecule has 3 atom stereocenters. The molecule has 3 aromatic carbocycles. The van der Waals surface area contributed by atoms with E-state index < -0.39 is 0 Å². The number of aryl methyl sites for hydroxylation is 1. The van der Waals surface area contributed by atoms with E-state index in [0.717, 1.165) is 62.7 Å². The maximum atomic E-state index is 6.53. The van der Waals surface area contributed by atoms with Crippen LogP contribution in [0.15, 0.2) is 96.7 Å². The topological polar surface area (TPSA) is 57.3 Å². The summed E-state index contributed by atoms with van der Waals surface area (Å²) in [6.07, 6.45) is 5.35. The number of likely N-dealkylation sites (N-methyl/N-ethyl adjacent to an activating group) is 1. The van der Waals surface area contributed by atoms with Gasteiger partial charge in [0.1, 0.15) is 23.1 Å². The summed E-state index contributed by atoms with van der Waals surface area (Å²) in [5.41, 5.74) is 8.11. The Bertz CT molecular complexity index is 2100. The van der Waals surface area contributed by atoms with Crippen LogP contribution in [0.2, 0.25) is 0 Å². The molecule has 7 rings (SSSR count). The van der Waals surface area contributed by atoms with Gasteiger partial charge in [-0.2, -0.15) is 5.10 Å². The molecule has 0 bridgehead atoms. The van der Waals surface area contributed by atoms with Gasteiger partial charge in [-0.05, 0) is 83.6 Å². The van der Waals surface area contributed by atoms with Gasteiger partial charge >= 0.3 is 0 Å². The van der Waals surface area contributed by atoms with E-state index >= 15 is 0 Å². The van der Waals surface area contributed by atoms with Gasteiger partial charge in [0.15, 0.2) is 0 Å². The highest BCUT2D eigenvalue weighted by Crippen LogP contribution is 2.42. The zero-order valence-corrected chi connectivity index (χ0v) is 27.7. The van der Waals surface area contributed by atoms with E-state index in [4.69, 9.17) is 14.6 Å². The molecule has 0 radical (unpaired) electrons. The molecular weight excluding hydrogens is 570 g/mol. The van der Waals surface area contributed by atoms with Gasteiger partial charge in [0, 0.05) is 58.4 Å². The highest BCUT2D eigenvalue weighted by Gasteiger charge is 2.33. The van der Waals surface area contributed by atoms with Crippen molar-refractivity contribution in [3.8, 4) is 28.8 Å². The summed E-state index contributed by atoms with van der Waals surface area (Å²) in [5, 5.41) is 7.35. The smallest absolute Gasteiger partial charge is 0.141 e. The van der Waals surface area contributed by atoms with Crippen molar-refractivity contribution in [3.05, 3.63) is 114 Å². The third-order valence-electron chi connectivity index (χ3n) is 9.57. The first-order valence-corrected chi connectivity index (χ1v) is 16.0. The minimum Gasteiger partial charge on any atom is -0.497 e. The third kappa shape index (κ3) is 5.14. The molecule has 0 fully saturated rings. The van der Waals surface area contributed by atoms with Crippen LogP contribution in [0, 0.1) is 19.8 Å². The second-order valence-electron chi connectivity index (χ2n) is 12.8. The second-order valence-corrected chi connectivity index (χ2v) is 12.8. The van der Waals surface area contributed by atoms with Crippen LogP contribution in [-0.2, 0) is 0 Å². The molecule has 0 amide bonds. The molecule has 1 aliphatic rings. The summed E-state index contributed by atoms with van der Waals surface area (Å²) in [6.45, 7) is 8.99. The van der Waals surface area contributed by atoms with Crippen molar-refractivity contribution in [1.82, 2.24) is 24.2 Å². The van der Waals surface area contributed by atoms with Crippen LogP contribution in [-0.4, -0.2) is 51.5 Å².